The fourth-order valence-electron chi connectivity index (χ4n) is 2.95. The zero-order valence-corrected chi connectivity index (χ0v) is 14.8. The summed E-state index contributed by atoms with van der Waals surface area (Å²) in [6.45, 7) is 0.382. The molecule has 2 aromatic heterocycles. The highest BCUT2D eigenvalue weighted by molar-refractivity contribution is 5.97. The molecule has 0 aliphatic rings. The molecule has 2 aromatic carbocycles. The lowest BCUT2D eigenvalue weighted by molar-refractivity contribution is 0.0950. The van der Waals surface area contributed by atoms with Crippen LogP contribution in [0.4, 0.5) is 0 Å². The molecule has 4 aromatic rings. The van der Waals surface area contributed by atoms with Gasteiger partial charge in [-0.05, 0) is 42.5 Å². The van der Waals surface area contributed by atoms with Crippen LogP contribution in [0.15, 0.2) is 73.2 Å². The number of hydrogen-bond acceptors (Lipinski definition) is 4. The van der Waals surface area contributed by atoms with Gasteiger partial charge in [-0.15, -0.1) is 0 Å². The second-order valence-electron chi connectivity index (χ2n) is 5.99. The summed E-state index contributed by atoms with van der Waals surface area (Å²) in [7, 11) is 1.64. The Balaban J connectivity index is 1.59. The van der Waals surface area contributed by atoms with E-state index in [2.05, 4.69) is 15.3 Å². The van der Waals surface area contributed by atoms with Crippen molar-refractivity contribution < 1.29 is 9.53 Å². The summed E-state index contributed by atoms with van der Waals surface area (Å²) in [5.74, 6) is 0.600. The molecule has 0 saturated heterocycles. The highest BCUT2D eigenvalue weighted by Crippen LogP contribution is 2.26. The van der Waals surface area contributed by atoms with Gasteiger partial charge in [-0.1, -0.05) is 18.2 Å². The Bertz CT molecular complexity index is 1090. The summed E-state index contributed by atoms with van der Waals surface area (Å²) >= 11 is 0. The number of para-hydroxylation sites is 2. The molecule has 27 heavy (non-hydrogen) atoms. The summed E-state index contributed by atoms with van der Waals surface area (Å²) in [5, 5.41) is 2.88. The lowest BCUT2D eigenvalue weighted by Crippen LogP contribution is -2.23. The van der Waals surface area contributed by atoms with Crippen molar-refractivity contribution in [1.82, 2.24) is 19.9 Å². The molecule has 0 atom stereocenters. The summed E-state index contributed by atoms with van der Waals surface area (Å²) in [5.41, 5.74) is 3.91. The molecule has 0 aliphatic heterocycles. The number of imidazole rings is 1. The third-order valence-electron chi connectivity index (χ3n) is 4.31. The van der Waals surface area contributed by atoms with Crippen molar-refractivity contribution >= 4 is 16.9 Å². The van der Waals surface area contributed by atoms with Gasteiger partial charge in [0.2, 0.25) is 0 Å². The number of pyridine rings is 1. The molecule has 1 amide bonds. The van der Waals surface area contributed by atoms with E-state index in [9.17, 15) is 4.79 Å². The van der Waals surface area contributed by atoms with Crippen LogP contribution in [0.3, 0.4) is 0 Å². The van der Waals surface area contributed by atoms with Gasteiger partial charge in [0.25, 0.3) is 5.91 Å². The molecule has 134 valence electrons. The van der Waals surface area contributed by atoms with Gasteiger partial charge in [0.15, 0.2) is 0 Å². The fourth-order valence-corrected chi connectivity index (χ4v) is 2.95. The van der Waals surface area contributed by atoms with Crippen molar-refractivity contribution in [2.75, 3.05) is 7.11 Å². The van der Waals surface area contributed by atoms with Crippen LogP contribution < -0.4 is 10.1 Å². The lowest BCUT2D eigenvalue weighted by atomic mass is 10.1. The van der Waals surface area contributed by atoms with Crippen LogP contribution in [0, 0.1) is 0 Å². The number of methoxy groups -OCH3 is 1. The Hall–Kier alpha value is -3.67. The van der Waals surface area contributed by atoms with Crippen LogP contribution in [0.2, 0.25) is 0 Å². The van der Waals surface area contributed by atoms with Crippen LogP contribution in [-0.4, -0.2) is 27.6 Å². The van der Waals surface area contributed by atoms with Crippen LogP contribution in [0.5, 0.6) is 5.75 Å². The van der Waals surface area contributed by atoms with Crippen molar-refractivity contribution in [3.05, 3.63) is 84.4 Å². The second kappa shape index (κ2) is 7.29. The highest BCUT2D eigenvalue weighted by atomic mass is 16.5. The number of aromatic nitrogens is 3. The monoisotopic (exact) mass is 358 g/mol. The maximum atomic E-state index is 12.4. The van der Waals surface area contributed by atoms with Gasteiger partial charge in [0, 0.05) is 11.8 Å². The van der Waals surface area contributed by atoms with Gasteiger partial charge in [0.1, 0.15) is 12.1 Å². The zero-order valence-electron chi connectivity index (χ0n) is 14.8. The summed E-state index contributed by atoms with van der Waals surface area (Å²) in [6, 6.07) is 18.8. The quantitative estimate of drug-likeness (QED) is 0.594. The van der Waals surface area contributed by atoms with Crippen LogP contribution in [0.1, 0.15) is 16.1 Å². The van der Waals surface area contributed by atoms with E-state index in [1.54, 1.807) is 31.8 Å². The van der Waals surface area contributed by atoms with E-state index >= 15 is 0 Å². The zero-order chi connectivity index (χ0) is 18.6. The largest absolute Gasteiger partial charge is 0.495 e. The van der Waals surface area contributed by atoms with Crippen LogP contribution in [0.25, 0.3) is 16.7 Å². The third-order valence-corrected chi connectivity index (χ3v) is 4.31. The molecule has 0 bridgehead atoms. The number of nitrogens with one attached hydrogen (secondary N) is 1. The predicted octanol–water partition coefficient (Wildman–Crippen LogP) is 3.36. The number of rotatable bonds is 5. The number of fused-ring (bicyclic) bond motifs is 1. The molecule has 0 radical (unpaired) electrons. The number of amides is 1. The number of benzene rings is 2. The maximum Gasteiger partial charge on any atom is 0.251 e. The number of ether oxygens (including phenoxy) is 1. The van der Waals surface area contributed by atoms with Gasteiger partial charge in [-0.2, -0.15) is 0 Å². The van der Waals surface area contributed by atoms with Crippen molar-refractivity contribution in [1.29, 1.82) is 0 Å². The molecular weight excluding hydrogens is 340 g/mol. The first-order valence-corrected chi connectivity index (χ1v) is 8.55. The number of nitrogens with zero attached hydrogens (tertiary/aromatic N) is 3. The Kier molecular flexibility index (Phi) is 4.53. The molecule has 0 unspecified atom stereocenters. The van der Waals surface area contributed by atoms with E-state index in [-0.39, 0.29) is 5.91 Å². The maximum absolute atomic E-state index is 12.4. The molecule has 0 spiro atoms. The van der Waals surface area contributed by atoms with E-state index in [1.165, 1.54) is 0 Å². The summed E-state index contributed by atoms with van der Waals surface area (Å²) in [4.78, 5) is 21.1. The first-order valence-electron chi connectivity index (χ1n) is 8.55. The minimum absolute atomic E-state index is 0.158. The van der Waals surface area contributed by atoms with Gasteiger partial charge in [-0.25, -0.2) is 4.98 Å². The Morgan fingerprint density at radius 1 is 1.07 bits per heavy atom. The lowest BCUT2D eigenvalue weighted by Gasteiger charge is -2.10. The third kappa shape index (κ3) is 3.37. The summed E-state index contributed by atoms with van der Waals surface area (Å²) in [6.07, 6.45) is 3.44. The van der Waals surface area contributed by atoms with Crippen molar-refractivity contribution in [3.63, 3.8) is 0 Å². The standard InChI is InChI=1S/C21H18N4O2/c1-27-20-8-3-2-7-19(20)25-14-24-17-12-15(9-10-18(17)25)21(26)23-13-16-6-4-5-11-22-16/h2-12,14H,13H2,1H3,(H,23,26). The molecular formula is C21H18N4O2. The first-order chi connectivity index (χ1) is 13.3. The van der Waals surface area contributed by atoms with E-state index in [0.717, 1.165) is 28.2 Å². The number of carbonyl (C=O) groups excluding carboxylic acids is 1. The molecule has 2 heterocycles. The van der Waals surface area contributed by atoms with E-state index in [1.807, 2.05) is 53.1 Å². The van der Waals surface area contributed by atoms with Crippen LogP contribution in [-0.2, 0) is 6.54 Å². The number of hydrogen-bond donors (Lipinski definition) is 1. The minimum Gasteiger partial charge on any atom is -0.495 e. The second-order valence-corrected chi connectivity index (χ2v) is 5.99. The van der Waals surface area contributed by atoms with E-state index in [4.69, 9.17) is 4.74 Å². The van der Waals surface area contributed by atoms with E-state index < -0.39 is 0 Å². The smallest absolute Gasteiger partial charge is 0.251 e. The topological polar surface area (TPSA) is 69.0 Å². The Morgan fingerprint density at radius 2 is 1.93 bits per heavy atom. The van der Waals surface area contributed by atoms with Crippen molar-refractivity contribution in [2.24, 2.45) is 0 Å². The molecule has 0 saturated carbocycles. The first kappa shape index (κ1) is 16.8. The van der Waals surface area contributed by atoms with Gasteiger partial charge < -0.3 is 10.1 Å². The van der Waals surface area contributed by atoms with Crippen molar-refractivity contribution in [2.45, 2.75) is 6.54 Å². The van der Waals surface area contributed by atoms with Gasteiger partial charge in [-0.3, -0.25) is 14.3 Å². The van der Waals surface area contributed by atoms with Gasteiger partial charge >= 0.3 is 0 Å². The molecule has 6 nitrogen and oxygen atoms in total. The predicted molar refractivity (Wildman–Crippen MR) is 103 cm³/mol. The molecule has 6 heteroatoms. The Morgan fingerprint density at radius 3 is 2.74 bits per heavy atom. The van der Waals surface area contributed by atoms with Gasteiger partial charge in [0.05, 0.1) is 36.1 Å². The Labute approximate surface area is 156 Å². The highest BCUT2D eigenvalue weighted by Gasteiger charge is 2.12. The fraction of sp³-hybridized carbons (Fsp3) is 0.0952. The number of carbonyl (C=O) groups is 1. The normalized spacial score (nSPS) is 10.7. The molecule has 1 N–H and O–H groups in total. The summed E-state index contributed by atoms with van der Waals surface area (Å²) < 4.78 is 7.38. The average molecular weight is 358 g/mol. The minimum atomic E-state index is -0.158. The van der Waals surface area contributed by atoms with Crippen molar-refractivity contribution in [3.8, 4) is 11.4 Å². The molecule has 4 rings (SSSR count). The molecule has 0 fully saturated rings. The SMILES string of the molecule is COc1ccccc1-n1cnc2cc(C(=O)NCc3ccccn3)ccc21. The molecule has 0 aliphatic carbocycles. The van der Waals surface area contributed by atoms with Crippen LogP contribution >= 0.6 is 0 Å². The van der Waals surface area contributed by atoms with E-state index in [0.29, 0.717) is 12.1 Å². The average Bonchev–Trinajstić information content (AvgIpc) is 3.15.